The Balaban J connectivity index is 1.21. The molecule has 0 amide bonds. The summed E-state index contributed by atoms with van der Waals surface area (Å²) in [6.45, 7) is 4.68. The largest absolute Gasteiger partial charge is 0.434 e. The predicted molar refractivity (Wildman–Crippen MR) is 241 cm³/mol. The SMILES string of the molecule is CC1(C)c2ccccc2-c2cc(N(c3cccc4nc(-c5cccc6ccccc56)oc34)c3cc4ccccc4c4c3c3ccccc3n4-c3ccccc3)ccc21. The molecule has 2 aromatic heterocycles. The fourth-order valence-corrected chi connectivity index (χ4v) is 9.73. The van der Waals surface area contributed by atoms with Crippen LogP contribution in [0.15, 0.2) is 192 Å². The van der Waals surface area contributed by atoms with Crippen molar-refractivity contribution in [3.63, 3.8) is 0 Å². The molecular formula is C54H37N3O. The Morgan fingerprint density at radius 1 is 0.517 bits per heavy atom. The van der Waals surface area contributed by atoms with Crippen LogP contribution in [-0.2, 0) is 5.41 Å². The van der Waals surface area contributed by atoms with E-state index in [1.165, 1.54) is 43.9 Å². The Labute approximate surface area is 335 Å². The van der Waals surface area contributed by atoms with Crippen LogP contribution in [0.25, 0.3) is 82.7 Å². The molecule has 0 radical (unpaired) electrons. The molecule has 0 spiro atoms. The number of benzene rings is 9. The maximum absolute atomic E-state index is 7.00. The topological polar surface area (TPSA) is 34.2 Å². The van der Waals surface area contributed by atoms with E-state index < -0.39 is 0 Å². The molecule has 0 unspecified atom stereocenters. The molecule has 0 saturated carbocycles. The fraction of sp³-hybridized carbons (Fsp3) is 0.0556. The molecule has 0 bridgehead atoms. The van der Waals surface area contributed by atoms with Gasteiger partial charge in [-0.25, -0.2) is 4.98 Å². The zero-order valence-electron chi connectivity index (χ0n) is 32.1. The van der Waals surface area contributed by atoms with E-state index in [1.54, 1.807) is 0 Å². The van der Waals surface area contributed by atoms with E-state index in [4.69, 9.17) is 9.40 Å². The molecule has 0 saturated heterocycles. The second-order valence-electron chi connectivity index (χ2n) is 15.9. The highest BCUT2D eigenvalue weighted by molar-refractivity contribution is 6.25. The summed E-state index contributed by atoms with van der Waals surface area (Å²) >= 11 is 0. The number of anilines is 3. The molecule has 1 aliphatic rings. The van der Waals surface area contributed by atoms with Gasteiger partial charge < -0.3 is 13.9 Å². The summed E-state index contributed by atoms with van der Waals surface area (Å²) in [7, 11) is 0. The van der Waals surface area contributed by atoms with Gasteiger partial charge in [0, 0.05) is 38.5 Å². The molecule has 11 aromatic rings. The van der Waals surface area contributed by atoms with E-state index in [0.29, 0.717) is 5.89 Å². The summed E-state index contributed by atoms with van der Waals surface area (Å²) in [5.74, 6) is 0.605. The third-order valence-corrected chi connectivity index (χ3v) is 12.4. The average Bonchev–Trinajstić information content (AvgIpc) is 3.93. The smallest absolute Gasteiger partial charge is 0.228 e. The van der Waals surface area contributed by atoms with Gasteiger partial charge in [-0.05, 0) is 93.0 Å². The van der Waals surface area contributed by atoms with Crippen molar-refractivity contribution in [2.75, 3.05) is 4.90 Å². The highest BCUT2D eigenvalue weighted by Crippen LogP contribution is 2.53. The van der Waals surface area contributed by atoms with Crippen LogP contribution in [0.4, 0.5) is 17.1 Å². The predicted octanol–water partition coefficient (Wildman–Crippen LogP) is 14.7. The van der Waals surface area contributed by atoms with Crippen LogP contribution in [0.2, 0.25) is 0 Å². The maximum Gasteiger partial charge on any atom is 0.228 e. The number of hydrogen-bond donors (Lipinski definition) is 0. The summed E-state index contributed by atoms with van der Waals surface area (Å²) in [5.41, 5.74) is 14.1. The van der Waals surface area contributed by atoms with E-state index in [1.807, 2.05) is 0 Å². The average molecular weight is 744 g/mol. The number of oxazole rings is 1. The van der Waals surface area contributed by atoms with Gasteiger partial charge in [0.1, 0.15) is 5.52 Å². The highest BCUT2D eigenvalue weighted by atomic mass is 16.3. The van der Waals surface area contributed by atoms with Gasteiger partial charge in [-0.2, -0.15) is 0 Å². The summed E-state index contributed by atoms with van der Waals surface area (Å²) < 4.78 is 9.44. The molecule has 2 heterocycles. The Bertz CT molecular complexity index is 3440. The lowest BCUT2D eigenvalue weighted by Gasteiger charge is -2.28. The number of fused-ring (bicyclic) bond motifs is 10. The van der Waals surface area contributed by atoms with Crippen LogP contribution in [0.1, 0.15) is 25.0 Å². The van der Waals surface area contributed by atoms with Crippen molar-refractivity contribution < 1.29 is 4.42 Å². The van der Waals surface area contributed by atoms with Crippen molar-refractivity contribution in [1.82, 2.24) is 9.55 Å². The molecule has 0 aliphatic heterocycles. The minimum Gasteiger partial charge on any atom is -0.434 e. The molecular weight excluding hydrogens is 707 g/mol. The van der Waals surface area contributed by atoms with Crippen molar-refractivity contribution in [2.24, 2.45) is 0 Å². The fourth-order valence-electron chi connectivity index (χ4n) is 9.73. The van der Waals surface area contributed by atoms with E-state index in [9.17, 15) is 0 Å². The normalized spacial score (nSPS) is 13.1. The Morgan fingerprint density at radius 3 is 2.07 bits per heavy atom. The number of nitrogens with zero attached hydrogens (tertiary/aromatic N) is 3. The third-order valence-electron chi connectivity index (χ3n) is 12.4. The van der Waals surface area contributed by atoms with Crippen molar-refractivity contribution in [3.8, 4) is 28.3 Å². The van der Waals surface area contributed by atoms with Gasteiger partial charge in [0.05, 0.1) is 22.4 Å². The zero-order valence-corrected chi connectivity index (χ0v) is 32.1. The second kappa shape index (κ2) is 12.3. The molecule has 4 heteroatoms. The molecule has 9 aromatic carbocycles. The first kappa shape index (κ1) is 32.8. The maximum atomic E-state index is 7.00. The quantitative estimate of drug-likeness (QED) is 0.176. The van der Waals surface area contributed by atoms with Crippen molar-refractivity contribution in [2.45, 2.75) is 19.3 Å². The Hall–Kier alpha value is -7.43. The Morgan fingerprint density at radius 2 is 1.19 bits per heavy atom. The van der Waals surface area contributed by atoms with Crippen LogP contribution < -0.4 is 4.90 Å². The molecule has 0 atom stereocenters. The van der Waals surface area contributed by atoms with Gasteiger partial charge in [0.2, 0.25) is 5.89 Å². The molecule has 4 nitrogen and oxygen atoms in total. The molecule has 274 valence electrons. The first-order chi connectivity index (χ1) is 28.5. The van der Waals surface area contributed by atoms with E-state index in [2.05, 4.69) is 211 Å². The minimum atomic E-state index is -0.118. The van der Waals surface area contributed by atoms with Gasteiger partial charge in [0.15, 0.2) is 5.58 Å². The summed E-state index contributed by atoms with van der Waals surface area (Å²) in [6, 6.07) is 67.7. The van der Waals surface area contributed by atoms with Gasteiger partial charge in [-0.15, -0.1) is 0 Å². The van der Waals surface area contributed by atoms with Crippen LogP contribution in [0, 0.1) is 0 Å². The van der Waals surface area contributed by atoms with Crippen LogP contribution in [0.5, 0.6) is 0 Å². The molecule has 0 fully saturated rings. The van der Waals surface area contributed by atoms with Crippen LogP contribution in [0.3, 0.4) is 0 Å². The van der Waals surface area contributed by atoms with Crippen molar-refractivity contribution in [1.29, 1.82) is 0 Å². The first-order valence-corrected chi connectivity index (χ1v) is 20.0. The molecule has 1 aliphatic carbocycles. The highest BCUT2D eigenvalue weighted by Gasteiger charge is 2.36. The van der Waals surface area contributed by atoms with Gasteiger partial charge in [-0.1, -0.05) is 147 Å². The minimum absolute atomic E-state index is 0.118. The number of hydrogen-bond acceptors (Lipinski definition) is 3. The van der Waals surface area contributed by atoms with E-state index in [-0.39, 0.29) is 5.41 Å². The number of aromatic nitrogens is 2. The summed E-state index contributed by atoms with van der Waals surface area (Å²) in [5, 5.41) is 6.97. The lowest BCUT2D eigenvalue weighted by molar-refractivity contribution is 0.621. The van der Waals surface area contributed by atoms with Crippen molar-refractivity contribution in [3.05, 3.63) is 199 Å². The monoisotopic (exact) mass is 743 g/mol. The molecule has 12 rings (SSSR count). The van der Waals surface area contributed by atoms with Crippen LogP contribution in [-0.4, -0.2) is 9.55 Å². The Kier molecular flexibility index (Phi) is 6.94. The van der Waals surface area contributed by atoms with Crippen molar-refractivity contribution >= 4 is 71.5 Å². The molecule has 0 N–H and O–H groups in total. The van der Waals surface area contributed by atoms with Gasteiger partial charge in [0.25, 0.3) is 0 Å². The van der Waals surface area contributed by atoms with Gasteiger partial charge in [-0.3, -0.25) is 0 Å². The second-order valence-corrected chi connectivity index (χ2v) is 15.9. The van der Waals surface area contributed by atoms with Gasteiger partial charge >= 0.3 is 0 Å². The number of para-hydroxylation sites is 3. The lowest BCUT2D eigenvalue weighted by Crippen LogP contribution is -2.15. The summed E-state index contributed by atoms with van der Waals surface area (Å²) in [6.07, 6.45) is 0. The number of rotatable bonds is 5. The summed E-state index contributed by atoms with van der Waals surface area (Å²) in [4.78, 5) is 7.60. The molecule has 58 heavy (non-hydrogen) atoms. The van der Waals surface area contributed by atoms with Crippen LogP contribution >= 0.6 is 0 Å². The zero-order chi connectivity index (χ0) is 38.5. The standard InChI is InChI=1S/C54H37N3O/c1-54(2)44-26-12-10-23-40(44)43-33-37(30-31-45(43)54)56(48-29-15-27-46-52(48)58-53(55-46)41-25-14-18-34-16-6-8-21-38(34)41)49-32-35-17-7-9-22-39(35)51-50(49)42-24-11-13-28-47(42)57(51)36-19-4-3-5-20-36/h3-33H,1-2H3. The lowest BCUT2D eigenvalue weighted by atomic mass is 9.82. The van der Waals surface area contributed by atoms with E-state index >= 15 is 0 Å². The first-order valence-electron chi connectivity index (χ1n) is 20.0. The third kappa shape index (κ3) is 4.66. The van der Waals surface area contributed by atoms with E-state index in [0.717, 1.165) is 61.1 Å².